The Morgan fingerprint density at radius 2 is 1.71 bits per heavy atom. The Kier molecular flexibility index (Phi) is 9.68. The smallest absolute Gasteiger partial charge is 0.323 e. The first kappa shape index (κ1) is 26.7. The second-order valence-electron chi connectivity index (χ2n) is 9.53. The molecular formula is C26H36N4O4S. The largest absolute Gasteiger partial charge is 0.461 e. The summed E-state index contributed by atoms with van der Waals surface area (Å²) in [5, 5.41) is 6.23. The van der Waals surface area contributed by atoms with Gasteiger partial charge in [0.1, 0.15) is 17.1 Å². The number of hydrogen-bond acceptors (Lipinski definition) is 6. The number of ether oxygens (including phenoxy) is 1. The lowest BCUT2D eigenvalue weighted by atomic mass is 10.0. The molecule has 0 spiro atoms. The number of thiophene rings is 1. The summed E-state index contributed by atoms with van der Waals surface area (Å²) >= 11 is 1.30. The molecule has 1 saturated carbocycles. The first-order valence-electron chi connectivity index (χ1n) is 12.2. The van der Waals surface area contributed by atoms with Crippen LogP contribution in [-0.2, 0) is 28.9 Å². The highest BCUT2D eigenvalue weighted by atomic mass is 32.1. The van der Waals surface area contributed by atoms with Crippen LogP contribution in [0.2, 0.25) is 0 Å². The molecule has 8 nitrogen and oxygen atoms in total. The maximum atomic E-state index is 12.7. The molecule has 1 fully saturated rings. The molecule has 6 N–H and O–H groups in total. The summed E-state index contributed by atoms with van der Waals surface area (Å²) in [6.07, 6.45) is 6.50. The van der Waals surface area contributed by atoms with Gasteiger partial charge in [-0.15, -0.1) is 11.3 Å². The maximum absolute atomic E-state index is 12.7. The summed E-state index contributed by atoms with van der Waals surface area (Å²) in [6, 6.07) is 8.91. The van der Waals surface area contributed by atoms with Gasteiger partial charge in [0, 0.05) is 11.4 Å². The molecular weight excluding hydrogens is 464 g/mol. The molecule has 1 aliphatic carbocycles. The van der Waals surface area contributed by atoms with E-state index in [0.29, 0.717) is 23.9 Å². The fraction of sp³-hybridized carbons (Fsp3) is 0.500. The van der Waals surface area contributed by atoms with Crippen LogP contribution in [-0.4, -0.2) is 30.1 Å². The fourth-order valence-corrected chi connectivity index (χ4v) is 5.34. The molecule has 2 aromatic rings. The number of aryl methyl sites for hydroxylation is 2. The van der Waals surface area contributed by atoms with Crippen molar-refractivity contribution in [3.05, 3.63) is 51.9 Å². The maximum Gasteiger partial charge on any atom is 0.323 e. The number of amides is 3. The van der Waals surface area contributed by atoms with Crippen LogP contribution < -0.4 is 22.1 Å². The summed E-state index contributed by atoms with van der Waals surface area (Å²) in [5.41, 5.74) is 13.1. The SMILES string of the molecule is CC(C)C[C@H](NCc1ccc(CCc2cc(C(N)=O)c(NC(N)=O)s2)cc1)C(=O)OC1CCCC1. The molecule has 9 heteroatoms. The highest BCUT2D eigenvalue weighted by molar-refractivity contribution is 7.16. The highest BCUT2D eigenvalue weighted by Gasteiger charge is 2.26. The van der Waals surface area contributed by atoms with E-state index in [-0.39, 0.29) is 23.7 Å². The van der Waals surface area contributed by atoms with Crippen molar-refractivity contribution in [3.63, 3.8) is 0 Å². The fourth-order valence-electron chi connectivity index (χ4n) is 4.27. The van der Waals surface area contributed by atoms with Crippen LogP contribution in [0.25, 0.3) is 0 Å². The van der Waals surface area contributed by atoms with E-state index in [0.717, 1.165) is 54.5 Å². The van der Waals surface area contributed by atoms with Crippen molar-refractivity contribution in [2.75, 3.05) is 5.32 Å². The molecule has 3 amide bonds. The average molecular weight is 501 g/mol. The van der Waals surface area contributed by atoms with Gasteiger partial charge < -0.3 is 21.5 Å². The van der Waals surface area contributed by atoms with Gasteiger partial charge in [-0.2, -0.15) is 0 Å². The number of benzene rings is 1. The number of rotatable bonds is 12. The number of carbonyl (C=O) groups excluding carboxylic acids is 3. The lowest BCUT2D eigenvalue weighted by Crippen LogP contribution is -2.40. The van der Waals surface area contributed by atoms with Crippen molar-refractivity contribution in [1.82, 2.24) is 5.32 Å². The monoisotopic (exact) mass is 500 g/mol. The third-order valence-corrected chi connectivity index (χ3v) is 7.21. The summed E-state index contributed by atoms with van der Waals surface area (Å²) in [5.74, 6) is -0.355. The minimum absolute atomic E-state index is 0.0725. The predicted molar refractivity (Wildman–Crippen MR) is 138 cm³/mol. The minimum Gasteiger partial charge on any atom is -0.461 e. The van der Waals surface area contributed by atoms with Crippen molar-refractivity contribution in [3.8, 4) is 0 Å². The number of hydrogen-bond donors (Lipinski definition) is 4. The van der Waals surface area contributed by atoms with E-state index in [9.17, 15) is 14.4 Å². The van der Waals surface area contributed by atoms with Gasteiger partial charge in [-0.05, 0) is 68.1 Å². The van der Waals surface area contributed by atoms with Crippen molar-refractivity contribution in [2.45, 2.75) is 77.5 Å². The molecule has 1 heterocycles. The summed E-state index contributed by atoms with van der Waals surface area (Å²) in [6.45, 7) is 4.81. The first-order chi connectivity index (χ1) is 16.7. The summed E-state index contributed by atoms with van der Waals surface area (Å²) < 4.78 is 5.74. The number of carbonyl (C=O) groups is 3. The Balaban J connectivity index is 1.53. The standard InChI is InChI=1S/C26H36N4O4S/c1-16(2)13-22(25(32)34-19-5-3-4-6-19)29-15-18-9-7-17(8-10-18)11-12-20-14-21(23(27)31)24(35-20)30-26(28)33/h7-10,14,16,19,22,29H,3-6,11-13,15H2,1-2H3,(H2,27,31)(H3,28,30,33)/t22-/m0/s1. The van der Waals surface area contributed by atoms with E-state index in [2.05, 4.69) is 48.7 Å². The number of urea groups is 1. The Hall–Kier alpha value is -2.91. The Morgan fingerprint density at radius 1 is 1.06 bits per heavy atom. The summed E-state index contributed by atoms with van der Waals surface area (Å²) in [4.78, 5) is 36.4. The van der Waals surface area contributed by atoms with E-state index >= 15 is 0 Å². The van der Waals surface area contributed by atoms with Gasteiger partial charge in [0.15, 0.2) is 0 Å². The molecule has 0 bridgehead atoms. The van der Waals surface area contributed by atoms with Crippen LogP contribution in [0.4, 0.5) is 9.80 Å². The van der Waals surface area contributed by atoms with E-state index in [1.807, 2.05) is 0 Å². The van der Waals surface area contributed by atoms with Gasteiger partial charge in [-0.25, -0.2) is 4.79 Å². The second-order valence-corrected chi connectivity index (χ2v) is 10.7. The molecule has 3 rings (SSSR count). The number of primary amides is 2. The zero-order valence-electron chi connectivity index (χ0n) is 20.5. The van der Waals surface area contributed by atoms with Crippen LogP contribution in [0.1, 0.15) is 72.3 Å². The van der Waals surface area contributed by atoms with Gasteiger partial charge in [0.25, 0.3) is 5.91 Å². The van der Waals surface area contributed by atoms with E-state index < -0.39 is 11.9 Å². The number of nitrogens with one attached hydrogen (secondary N) is 2. The van der Waals surface area contributed by atoms with E-state index in [4.69, 9.17) is 16.2 Å². The van der Waals surface area contributed by atoms with Crippen LogP contribution in [0.15, 0.2) is 30.3 Å². The van der Waals surface area contributed by atoms with Gasteiger partial charge in [0.2, 0.25) is 0 Å². The van der Waals surface area contributed by atoms with Crippen molar-refractivity contribution in [1.29, 1.82) is 0 Å². The molecule has 0 radical (unpaired) electrons. The Bertz CT molecular complexity index is 1010. The number of esters is 1. The van der Waals surface area contributed by atoms with Crippen LogP contribution in [0.5, 0.6) is 0 Å². The predicted octanol–water partition coefficient (Wildman–Crippen LogP) is 4.11. The molecule has 0 saturated heterocycles. The van der Waals surface area contributed by atoms with E-state index in [1.54, 1.807) is 6.07 Å². The third kappa shape index (κ3) is 8.36. The van der Waals surface area contributed by atoms with Crippen molar-refractivity contribution >= 4 is 34.2 Å². The van der Waals surface area contributed by atoms with Gasteiger partial charge in [-0.3, -0.25) is 14.9 Å². The molecule has 35 heavy (non-hydrogen) atoms. The average Bonchev–Trinajstić information content (AvgIpc) is 3.45. The third-order valence-electron chi connectivity index (χ3n) is 6.10. The topological polar surface area (TPSA) is 137 Å². The van der Waals surface area contributed by atoms with Crippen LogP contribution in [0.3, 0.4) is 0 Å². The molecule has 1 aliphatic rings. The van der Waals surface area contributed by atoms with Gasteiger partial charge in [-0.1, -0.05) is 38.1 Å². The van der Waals surface area contributed by atoms with E-state index in [1.165, 1.54) is 11.3 Å². The number of anilines is 1. The normalized spacial score (nSPS) is 14.7. The highest BCUT2D eigenvalue weighted by Crippen LogP contribution is 2.29. The lowest BCUT2D eigenvalue weighted by molar-refractivity contribution is -0.151. The summed E-state index contributed by atoms with van der Waals surface area (Å²) in [7, 11) is 0. The molecule has 0 unspecified atom stereocenters. The van der Waals surface area contributed by atoms with Crippen molar-refractivity contribution < 1.29 is 19.1 Å². The molecule has 0 aliphatic heterocycles. The van der Waals surface area contributed by atoms with Crippen LogP contribution in [0, 0.1) is 5.92 Å². The number of nitrogens with two attached hydrogens (primary N) is 2. The molecule has 190 valence electrons. The zero-order chi connectivity index (χ0) is 25.4. The minimum atomic E-state index is -0.729. The second kappa shape index (κ2) is 12.7. The van der Waals surface area contributed by atoms with Gasteiger partial charge >= 0.3 is 12.0 Å². The van der Waals surface area contributed by atoms with Crippen LogP contribution >= 0.6 is 11.3 Å². The van der Waals surface area contributed by atoms with Crippen molar-refractivity contribution in [2.24, 2.45) is 17.4 Å². The van der Waals surface area contributed by atoms with Gasteiger partial charge in [0.05, 0.1) is 5.56 Å². The Morgan fingerprint density at radius 3 is 2.31 bits per heavy atom. The lowest BCUT2D eigenvalue weighted by Gasteiger charge is -2.22. The molecule has 1 atom stereocenters. The molecule has 1 aromatic heterocycles. The first-order valence-corrected chi connectivity index (χ1v) is 13.0. The Labute approximate surface area is 210 Å². The zero-order valence-corrected chi connectivity index (χ0v) is 21.3. The molecule has 1 aromatic carbocycles. The quantitative estimate of drug-likeness (QED) is 0.325.